The van der Waals surface area contributed by atoms with Gasteiger partial charge in [-0.2, -0.15) is 4.37 Å². The van der Waals surface area contributed by atoms with Crippen LogP contribution in [0.1, 0.15) is 38.9 Å². The first-order valence-corrected chi connectivity index (χ1v) is 7.13. The van der Waals surface area contributed by atoms with Crippen molar-refractivity contribution in [3.63, 3.8) is 0 Å². The minimum Gasteiger partial charge on any atom is -0.481 e. The third-order valence-electron chi connectivity index (χ3n) is 3.41. The molecule has 0 radical (unpaired) electrons. The predicted octanol–water partition coefficient (Wildman–Crippen LogP) is 2.18. The zero-order valence-corrected chi connectivity index (χ0v) is 11.7. The summed E-state index contributed by atoms with van der Waals surface area (Å²) in [5, 5.41) is 10.2. The summed E-state index contributed by atoms with van der Waals surface area (Å²) in [6.45, 7) is 5.32. The van der Waals surface area contributed by atoms with E-state index >= 15 is 0 Å². The van der Waals surface area contributed by atoms with E-state index in [0.29, 0.717) is 6.54 Å². The van der Waals surface area contributed by atoms with Gasteiger partial charge in [0.2, 0.25) is 5.13 Å². The highest BCUT2D eigenvalue weighted by Gasteiger charge is 2.38. The maximum absolute atomic E-state index is 11.3. The number of carboxylic acid groups (broad SMARTS) is 1. The van der Waals surface area contributed by atoms with Crippen LogP contribution in [0, 0.1) is 5.41 Å². The average molecular weight is 269 g/mol. The largest absolute Gasteiger partial charge is 0.481 e. The first-order chi connectivity index (χ1) is 8.55. The first-order valence-electron chi connectivity index (χ1n) is 6.36. The van der Waals surface area contributed by atoms with E-state index in [2.05, 4.69) is 21.2 Å². The standard InChI is InChI=1S/C12H19N3O2S/c1-3-5-9-13-11(18-14-9)15-7-4-6-12(2,8-15)10(16)17/h3-8H2,1-2H3,(H,16,17). The van der Waals surface area contributed by atoms with Gasteiger partial charge in [-0.25, -0.2) is 4.98 Å². The molecule has 0 spiro atoms. The summed E-state index contributed by atoms with van der Waals surface area (Å²) in [4.78, 5) is 17.9. The van der Waals surface area contributed by atoms with Crippen LogP contribution in [0.2, 0.25) is 0 Å². The van der Waals surface area contributed by atoms with Crippen LogP contribution in [0.3, 0.4) is 0 Å². The minimum atomic E-state index is -0.717. The summed E-state index contributed by atoms with van der Waals surface area (Å²) in [5.74, 6) is 0.158. The van der Waals surface area contributed by atoms with Crippen molar-refractivity contribution in [2.45, 2.75) is 39.5 Å². The van der Waals surface area contributed by atoms with Crippen molar-refractivity contribution >= 4 is 22.6 Å². The Morgan fingerprint density at radius 2 is 2.39 bits per heavy atom. The molecule has 1 N–H and O–H groups in total. The van der Waals surface area contributed by atoms with E-state index in [9.17, 15) is 9.90 Å². The summed E-state index contributed by atoms with van der Waals surface area (Å²) >= 11 is 1.38. The molecule has 1 aliphatic rings. The Labute approximate surface area is 111 Å². The highest BCUT2D eigenvalue weighted by Crippen LogP contribution is 2.33. The van der Waals surface area contributed by atoms with E-state index in [1.807, 2.05) is 6.92 Å². The van der Waals surface area contributed by atoms with Gasteiger partial charge in [-0.1, -0.05) is 6.92 Å². The average Bonchev–Trinajstić information content (AvgIpc) is 2.78. The summed E-state index contributed by atoms with van der Waals surface area (Å²) < 4.78 is 4.32. The zero-order valence-electron chi connectivity index (χ0n) is 10.8. The van der Waals surface area contributed by atoms with Crippen LogP contribution in [0.25, 0.3) is 0 Å². The second-order valence-corrected chi connectivity index (χ2v) is 5.86. The number of aliphatic carboxylic acids is 1. The number of aromatic nitrogens is 2. The van der Waals surface area contributed by atoms with Gasteiger partial charge < -0.3 is 10.0 Å². The van der Waals surface area contributed by atoms with Gasteiger partial charge in [-0.3, -0.25) is 4.79 Å². The van der Waals surface area contributed by atoms with Gasteiger partial charge in [0.15, 0.2) is 0 Å². The second-order valence-electron chi connectivity index (χ2n) is 5.13. The van der Waals surface area contributed by atoms with Crippen molar-refractivity contribution in [1.82, 2.24) is 9.36 Å². The van der Waals surface area contributed by atoms with Crippen LogP contribution in [-0.4, -0.2) is 33.5 Å². The van der Waals surface area contributed by atoms with Crippen molar-refractivity contribution < 1.29 is 9.90 Å². The number of anilines is 1. The molecule has 5 nitrogen and oxygen atoms in total. The van der Waals surface area contributed by atoms with Crippen molar-refractivity contribution in [1.29, 1.82) is 0 Å². The van der Waals surface area contributed by atoms with Gasteiger partial charge in [0.05, 0.1) is 5.41 Å². The van der Waals surface area contributed by atoms with Crippen LogP contribution >= 0.6 is 11.5 Å². The maximum atomic E-state index is 11.3. The molecule has 0 aromatic carbocycles. The maximum Gasteiger partial charge on any atom is 0.311 e. The van der Waals surface area contributed by atoms with Gasteiger partial charge in [-0.05, 0) is 26.2 Å². The molecule has 1 unspecified atom stereocenters. The Morgan fingerprint density at radius 3 is 3.06 bits per heavy atom. The smallest absolute Gasteiger partial charge is 0.311 e. The van der Waals surface area contributed by atoms with Crippen LogP contribution in [0.15, 0.2) is 0 Å². The van der Waals surface area contributed by atoms with Crippen LogP contribution in [0.5, 0.6) is 0 Å². The third-order valence-corrected chi connectivity index (χ3v) is 4.23. The number of rotatable bonds is 4. The van der Waals surface area contributed by atoms with E-state index in [1.165, 1.54) is 11.5 Å². The number of nitrogens with zero attached hydrogens (tertiary/aromatic N) is 3. The number of carbonyl (C=O) groups is 1. The second kappa shape index (κ2) is 5.22. The van der Waals surface area contributed by atoms with E-state index < -0.39 is 11.4 Å². The molecule has 0 aliphatic carbocycles. The molecule has 0 amide bonds. The predicted molar refractivity (Wildman–Crippen MR) is 71.1 cm³/mol. The van der Waals surface area contributed by atoms with Crippen molar-refractivity contribution in [3.8, 4) is 0 Å². The molecule has 0 bridgehead atoms. The molecule has 1 aromatic heterocycles. The molecule has 0 saturated carbocycles. The van der Waals surface area contributed by atoms with E-state index in [1.54, 1.807) is 0 Å². The number of carboxylic acids is 1. The normalized spacial score (nSPS) is 24.2. The van der Waals surface area contributed by atoms with Gasteiger partial charge >= 0.3 is 5.97 Å². The summed E-state index contributed by atoms with van der Waals surface area (Å²) in [7, 11) is 0. The Bertz CT molecular complexity index is 435. The fourth-order valence-electron chi connectivity index (χ4n) is 2.28. The van der Waals surface area contributed by atoms with Crippen molar-refractivity contribution in [2.24, 2.45) is 5.41 Å². The molecule has 1 fully saturated rings. The van der Waals surface area contributed by atoms with Crippen LogP contribution in [0.4, 0.5) is 5.13 Å². The lowest BCUT2D eigenvalue weighted by Crippen LogP contribution is -2.46. The van der Waals surface area contributed by atoms with Gasteiger partial charge in [0.1, 0.15) is 5.82 Å². The molecule has 1 saturated heterocycles. The Morgan fingerprint density at radius 1 is 1.61 bits per heavy atom. The number of hydrogen-bond acceptors (Lipinski definition) is 5. The van der Waals surface area contributed by atoms with Gasteiger partial charge in [-0.15, -0.1) is 0 Å². The molecule has 1 aromatic rings. The van der Waals surface area contributed by atoms with Crippen LogP contribution in [-0.2, 0) is 11.2 Å². The molecule has 2 rings (SSSR count). The Hall–Kier alpha value is -1.17. The number of hydrogen-bond donors (Lipinski definition) is 1. The fourth-order valence-corrected chi connectivity index (χ4v) is 3.01. The summed E-state index contributed by atoms with van der Waals surface area (Å²) in [6, 6.07) is 0. The summed E-state index contributed by atoms with van der Waals surface area (Å²) in [6.07, 6.45) is 3.55. The highest BCUT2D eigenvalue weighted by atomic mass is 32.1. The lowest BCUT2D eigenvalue weighted by Gasteiger charge is -2.37. The highest BCUT2D eigenvalue weighted by molar-refractivity contribution is 7.09. The van der Waals surface area contributed by atoms with Crippen LogP contribution < -0.4 is 4.90 Å². The monoisotopic (exact) mass is 269 g/mol. The molecule has 1 atom stereocenters. The molecule has 6 heteroatoms. The lowest BCUT2D eigenvalue weighted by atomic mass is 9.82. The van der Waals surface area contributed by atoms with Crippen molar-refractivity contribution in [2.75, 3.05) is 18.0 Å². The topological polar surface area (TPSA) is 66.3 Å². The third kappa shape index (κ3) is 2.63. The molecule has 18 heavy (non-hydrogen) atoms. The number of aryl methyl sites for hydroxylation is 1. The quantitative estimate of drug-likeness (QED) is 0.907. The minimum absolute atomic E-state index is 0.531. The zero-order chi connectivity index (χ0) is 13.2. The first kappa shape index (κ1) is 13.3. The molecule has 100 valence electrons. The van der Waals surface area contributed by atoms with E-state index in [4.69, 9.17) is 0 Å². The molecular weight excluding hydrogens is 250 g/mol. The molecular formula is C12H19N3O2S. The summed E-state index contributed by atoms with van der Waals surface area (Å²) in [5.41, 5.74) is -0.658. The number of piperidine rings is 1. The van der Waals surface area contributed by atoms with Gasteiger partial charge in [0, 0.05) is 31.0 Å². The fraction of sp³-hybridized carbons (Fsp3) is 0.750. The van der Waals surface area contributed by atoms with E-state index in [0.717, 1.165) is 43.2 Å². The van der Waals surface area contributed by atoms with Gasteiger partial charge in [0.25, 0.3) is 0 Å². The molecule has 2 heterocycles. The SMILES string of the molecule is CCCc1nsc(N2CCCC(C)(C(=O)O)C2)n1. The van der Waals surface area contributed by atoms with Crippen molar-refractivity contribution in [3.05, 3.63) is 5.82 Å². The Balaban J connectivity index is 2.10. The lowest BCUT2D eigenvalue weighted by molar-refractivity contribution is -0.148. The van der Waals surface area contributed by atoms with E-state index in [-0.39, 0.29) is 0 Å². The Kier molecular flexibility index (Phi) is 3.85. The molecule has 1 aliphatic heterocycles.